The van der Waals surface area contributed by atoms with Gasteiger partial charge in [0, 0.05) is 25.1 Å². The molecule has 4 amide bonds. The lowest BCUT2D eigenvalue weighted by Crippen LogP contribution is -2.65. The van der Waals surface area contributed by atoms with Gasteiger partial charge in [0.05, 0.1) is 29.6 Å². The highest BCUT2D eigenvalue weighted by Crippen LogP contribution is 2.35. The number of ether oxygens (including phenoxy) is 1. The van der Waals surface area contributed by atoms with E-state index in [1.807, 2.05) is 33.8 Å². The summed E-state index contributed by atoms with van der Waals surface area (Å²) in [4.78, 5) is 53.4. The maximum atomic E-state index is 13.3. The first-order chi connectivity index (χ1) is 16.5. The molecule has 1 aromatic heterocycles. The number of nitrogens with zero attached hydrogens (tertiary/aromatic N) is 5. The molecular weight excluding hydrogens is 452 g/mol. The van der Waals surface area contributed by atoms with Crippen LogP contribution in [0.1, 0.15) is 66.9 Å². The van der Waals surface area contributed by atoms with E-state index in [9.17, 15) is 19.2 Å². The lowest BCUT2D eigenvalue weighted by Gasteiger charge is -2.52. The third kappa shape index (κ3) is 3.70. The largest absolute Gasteiger partial charge is 0.371 e. The number of hydrogen-bond donors (Lipinski definition) is 1. The Morgan fingerprint density at radius 3 is 2.69 bits per heavy atom. The number of nitrogens with one attached hydrogen (secondary N) is 1. The lowest BCUT2D eigenvalue weighted by molar-refractivity contribution is -0.151. The van der Waals surface area contributed by atoms with E-state index in [1.165, 1.54) is 9.58 Å². The van der Waals surface area contributed by atoms with Crippen LogP contribution in [0.25, 0.3) is 5.69 Å². The van der Waals surface area contributed by atoms with Gasteiger partial charge in [-0.3, -0.25) is 24.5 Å². The minimum Gasteiger partial charge on any atom is -0.371 e. The average Bonchev–Trinajstić information content (AvgIpc) is 3.41. The molecule has 11 heteroatoms. The number of piperidine rings is 1. The monoisotopic (exact) mass is 480 g/mol. The summed E-state index contributed by atoms with van der Waals surface area (Å²) in [7, 11) is 0. The predicted molar refractivity (Wildman–Crippen MR) is 123 cm³/mol. The second-order valence-electron chi connectivity index (χ2n) is 10.2. The Morgan fingerprint density at radius 1 is 1.17 bits per heavy atom. The summed E-state index contributed by atoms with van der Waals surface area (Å²) in [5.74, 6) is -1.28. The van der Waals surface area contributed by atoms with Crippen molar-refractivity contribution in [3.8, 4) is 5.69 Å². The number of morpholine rings is 1. The SMILES string of the molecule is CC1(C)OCCN(C(=O)c2cn(-c3ccc4c(c3)C(=O)N(C3CCC(=O)NC3=O)C4)nn2)C1(C)C. The van der Waals surface area contributed by atoms with E-state index in [4.69, 9.17) is 4.74 Å². The molecule has 0 radical (unpaired) electrons. The minimum absolute atomic E-state index is 0.202. The molecule has 0 spiro atoms. The zero-order chi connectivity index (χ0) is 25.1. The van der Waals surface area contributed by atoms with Crippen molar-refractivity contribution >= 4 is 23.6 Å². The number of benzene rings is 1. The number of fused-ring (bicyclic) bond motifs is 1. The van der Waals surface area contributed by atoms with Crippen molar-refractivity contribution in [2.45, 2.75) is 64.3 Å². The van der Waals surface area contributed by atoms with E-state index >= 15 is 0 Å². The molecule has 2 aromatic rings. The van der Waals surface area contributed by atoms with Gasteiger partial charge in [0.1, 0.15) is 6.04 Å². The molecular formula is C24H28N6O5. The number of carbonyl (C=O) groups is 4. The fourth-order valence-corrected chi connectivity index (χ4v) is 4.84. The smallest absolute Gasteiger partial charge is 0.276 e. The van der Waals surface area contributed by atoms with Crippen molar-refractivity contribution in [1.82, 2.24) is 30.1 Å². The van der Waals surface area contributed by atoms with Gasteiger partial charge in [-0.15, -0.1) is 5.10 Å². The summed E-state index contributed by atoms with van der Waals surface area (Å²) < 4.78 is 7.34. The molecule has 3 aliphatic heterocycles. The van der Waals surface area contributed by atoms with E-state index < -0.39 is 23.1 Å². The van der Waals surface area contributed by atoms with Crippen LogP contribution in [-0.4, -0.2) is 78.8 Å². The van der Waals surface area contributed by atoms with Crippen LogP contribution in [-0.2, 0) is 20.9 Å². The molecule has 4 heterocycles. The van der Waals surface area contributed by atoms with Crippen molar-refractivity contribution in [3.05, 3.63) is 41.2 Å². The molecule has 184 valence electrons. The maximum absolute atomic E-state index is 13.3. The van der Waals surface area contributed by atoms with E-state index in [1.54, 1.807) is 23.2 Å². The number of carbonyl (C=O) groups excluding carboxylic acids is 4. The summed E-state index contributed by atoms with van der Waals surface area (Å²) in [6, 6.07) is 4.62. The van der Waals surface area contributed by atoms with Gasteiger partial charge in [0.15, 0.2) is 5.69 Å². The van der Waals surface area contributed by atoms with Crippen LogP contribution in [0.3, 0.4) is 0 Å². The van der Waals surface area contributed by atoms with Gasteiger partial charge in [-0.25, -0.2) is 4.68 Å². The molecule has 5 rings (SSSR count). The Labute approximate surface area is 202 Å². The van der Waals surface area contributed by atoms with Crippen LogP contribution in [0.15, 0.2) is 24.4 Å². The molecule has 11 nitrogen and oxygen atoms in total. The molecule has 1 atom stereocenters. The second kappa shape index (κ2) is 7.98. The first-order valence-corrected chi connectivity index (χ1v) is 11.7. The van der Waals surface area contributed by atoms with Gasteiger partial charge in [-0.2, -0.15) is 0 Å². The van der Waals surface area contributed by atoms with Crippen molar-refractivity contribution in [1.29, 1.82) is 0 Å². The lowest BCUT2D eigenvalue weighted by atomic mass is 9.82. The van der Waals surface area contributed by atoms with Gasteiger partial charge in [-0.05, 0) is 51.8 Å². The van der Waals surface area contributed by atoms with Gasteiger partial charge in [0.2, 0.25) is 11.8 Å². The standard InChI is InChI=1S/C24H28N6O5/c1-23(2)24(3,4)35-10-9-29(23)22(34)17-13-30(27-26-17)15-6-5-14-12-28(21(33)16(14)11-15)18-7-8-19(31)25-20(18)32/h5-6,11,13,18H,7-10,12H2,1-4H3,(H,25,31,32). The number of rotatable bonds is 3. The number of amides is 4. The molecule has 0 saturated carbocycles. The summed E-state index contributed by atoms with van der Waals surface area (Å²) in [5.41, 5.74) is 0.962. The summed E-state index contributed by atoms with van der Waals surface area (Å²) in [6.45, 7) is 9.04. The summed E-state index contributed by atoms with van der Waals surface area (Å²) >= 11 is 0. The fraction of sp³-hybridized carbons (Fsp3) is 0.500. The molecule has 0 aliphatic carbocycles. The number of aromatic nitrogens is 3. The molecule has 0 bridgehead atoms. The van der Waals surface area contributed by atoms with Crippen LogP contribution in [0.4, 0.5) is 0 Å². The molecule has 1 aromatic carbocycles. The van der Waals surface area contributed by atoms with Crippen LogP contribution in [0.5, 0.6) is 0 Å². The van der Waals surface area contributed by atoms with Crippen LogP contribution in [0.2, 0.25) is 0 Å². The summed E-state index contributed by atoms with van der Waals surface area (Å²) in [5, 5.41) is 10.5. The Hall–Kier alpha value is -3.60. The molecule has 1 unspecified atom stereocenters. The topological polar surface area (TPSA) is 127 Å². The third-order valence-electron chi connectivity index (χ3n) is 7.66. The Morgan fingerprint density at radius 2 is 1.94 bits per heavy atom. The normalized spacial score (nSPS) is 23.3. The quantitative estimate of drug-likeness (QED) is 0.651. The van der Waals surface area contributed by atoms with E-state index in [2.05, 4.69) is 15.6 Å². The first kappa shape index (κ1) is 23.2. The Balaban J connectivity index is 1.37. The van der Waals surface area contributed by atoms with Crippen molar-refractivity contribution in [3.63, 3.8) is 0 Å². The highest BCUT2D eigenvalue weighted by Gasteiger charge is 2.48. The Kier molecular flexibility index (Phi) is 5.28. The summed E-state index contributed by atoms with van der Waals surface area (Å²) in [6.07, 6.45) is 2.06. The van der Waals surface area contributed by atoms with Crippen LogP contribution >= 0.6 is 0 Å². The molecule has 1 N–H and O–H groups in total. The zero-order valence-corrected chi connectivity index (χ0v) is 20.2. The van der Waals surface area contributed by atoms with Crippen molar-refractivity contribution < 1.29 is 23.9 Å². The van der Waals surface area contributed by atoms with Gasteiger partial charge in [0.25, 0.3) is 11.8 Å². The van der Waals surface area contributed by atoms with Gasteiger partial charge >= 0.3 is 0 Å². The molecule has 2 fully saturated rings. The van der Waals surface area contributed by atoms with Crippen LogP contribution in [0, 0.1) is 0 Å². The van der Waals surface area contributed by atoms with Gasteiger partial charge in [-0.1, -0.05) is 11.3 Å². The maximum Gasteiger partial charge on any atom is 0.276 e. The highest BCUT2D eigenvalue weighted by atomic mass is 16.5. The first-order valence-electron chi connectivity index (χ1n) is 11.7. The predicted octanol–water partition coefficient (Wildman–Crippen LogP) is 1.06. The third-order valence-corrected chi connectivity index (χ3v) is 7.66. The number of imide groups is 1. The van der Waals surface area contributed by atoms with Crippen LogP contribution < -0.4 is 5.32 Å². The molecule has 35 heavy (non-hydrogen) atoms. The van der Waals surface area contributed by atoms with Crippen molar-refractivity contribution in [2.24, 2.45) is 0 Å². The molecule has 2 saturated heterocycles. The Bertz CT molecular complexity index is 1250. The van der Waals surface area contributed by atoms with E-state index in [0.29, 0.717) is 37.4 Å². The average molecular weight is 481 g/mol. The molecule has 3 aliphatic rings. The van der Waals surface area contributed by atoms with E-state index in [0.717, 1.165) is 5.56 Å². The zero-order valence-electron chi connectivity index (χ0n) is 20.2. The minimum atomic E-state index is -0.673. The number of hydrogen-bond acceptors (Lipinski definition) is 7. The highest BCUT2D eigenvalue weighted by molar-refractivity contribution is 6.05. The van der Waals surface area contributed by atoms with E-state index in [-0.39, 0.29) is 29.8 Å². The fourth-order valence-electron chi connectivity index (χ4n) is 4.84. The van der Waals surface area contributed by atoms with Crippen molar-refractivity contribution in [2.75, 3.05) is 13.2 Å². The van der Waals surface area contributed by atoms with Gasteiger partial charge < -0.3 is 14.5 Å². The second-order valence-corrected chi connectivity index (χ2v) is 10.2.